The van der Waals surface area contributed by atoms with E-state index in [4.69, 9.17) is 0 Å². The fourth-order valence-corrected chi connectivity index (χ4v) is 2.29. The maximum absolute atomic E-state index is 11.8. The summed E-state index contributed by atoms with van der Waals surface area (Å²) in [4.78, 5) is 25.3. The molecule has 5 heteroatoms. The molecule has 0 aliphatic carbocycles. The third kappa shape index (κ3) is 4.35. The van der Waals surface area contributed by atoms with Gasteiger partial charge in [0, 0.05) is 18.8 Å². The number of carbonyl (C=O) groups excluding carboxylic acids is 2. The molecule has 0 saturated carbocycles. The number of benzene rings is 1. The maximum Gasteiger partial charge on any atom is 0.238 e. The van der Waals surface area contributed by atoms with Gasteiger partial charge >= 0.3 is 0 Å². The van der Waals surface area contributed by atoms with Crippen molar-refractivity contribution in [1.82, 2.24) is 10.2 Å². The number of likely N-dealkylation sites (tertiary alicyclic amines) is 1. The maximum atomic E-state index is 11.8. The first-order valence-corrected chi connectivity index (χ1v) is 7.00. The summed E-state index contributed by atoms with van der Waals surface area (Å²) in [5.74, 6) is -0.0596. The minimum atomic E-state index is -0.134. The molecule has 108 valence electrons. The quantitative estimate of drug-likeness (QED) is 0.847. The molecule has 1 saturated heterocycles. The van der Waals surface area contributed by atoms with Crippen molar-refractivity contribution in [3.05, 3.63) is 29.8 Å². The molecule has 0 spiro atoms. The van der Waals surface area contributed by atoms with Gasteiger partial charge in [-0.2, -0.15) is 0 Å². The second kappa shape index (κ2) is 7.05. The highest BCUT2D eigenvalue weighted by Crippen LogP contribution is 2.09. The van der Waals surface area contributed by atoms with E-state index in [0.717, 1.165) is 37.2 Å². The molecule has 20 heavy (non-hydrogen) atoms. The van der Waals surface area contributed by atoms with E-state index in [-0.39, 0.29) is 24.9 Å². The predicted molar refractivity (Wildman–Crippen MR) is 78.5 cm³/mol. The van der Waals surface area contributed by atoms with Crippen LogP contribution in [0.4, 0.5) is 5.69 Å². The van der Waals surface area contributed by atoms with E-state index in [0.29, 0.717) is 0 Å². The molecule has 0 unspecified atom stereocenters. The number of amides is 2. The standard InChI is InChI=1S/C15H21N3O2/c1-12-5-4-6-13(9-12)17-14(19)10-16-11-15(20)18-7-2-3-8-18/h4-6,9,16H,2-3,7-8,10-11H2,1H3,(H,17,19). The zero-order valence-electron chi connectivity index (χ0n) is 11.8. The highest BCUT2D eigenvalue weighted by Gasteiger charge is 2.17. The van der Waals surface area contributed by atoms with Crippen LogP contribution >= 0.6 is 0 Å². The van der Waals surface area contributed by atoms with Crippen molar-refractivity contribution >= 4 is 17.5 Å². The minimum absolute atomic E-state index is 0.0749. The van der Waals surface area contributed by atoms with Gasteiger partial charge in [0.15, 0.2) is 0 Å². The minimum Gasteiger partial charge on any atom is -0.342 e. The van der Waals surface area contributed by atoms with Crippen LogP contribution in [0.3, 0.4) is 0 Å². The van der Waals surface area contributed by atoms with Crippen LogP contribution in [-0.4, -0.2) is 42.9 Å². The van der Waals surface area contributed by atoms with Gasteiger partial charge in [0.2, 0.25) is 11.8 Å². The smallest absolute Gasteiger partial charge is 0.238 e. The third-order valence-electron chi connectivity index (χ3n) is 3.32. The number of hydrogen-bond acceptors (Lipinski definition) is 3. The lowest BCUT2D eigenvalue weighted by atomic mass is 10.2. The number of anilines is 1. The van der Waals surface area contributed by atoms with Gasteiger partial charge in [0.25, 0.3) is 0 Å². The van der Waals surface area contributed by atoms with Crippen molar-refractivity contribution in [2.24, 2.45) is 0 Å². The van der Waals surface area contributed by atoms with E-state index in [1.165, 1.54) is 0 Å². The highest BCUT2D eigenvalue weighted by atomic mass is 16.2. The second-order valence-corrected chi connectivity index (χ2v) is 5.11. The van der Waals surface area contributed by atoms with Crippen LogP contribution in [-0.2, 0) is 9.59 Å². The molecule has 2 N–H and O–H groups in total. The van der Waals surface area contributed by atoms with Crippen molar-refractivity contribution in [3.8, 4) is 0 Å². The third-order valence-corrected chi connectivity index (χ3v) is 3.32. The molecule has 1 fully saturated rings. The zero-order chi connectivity index (χ0) is 14.4. The van der Waals surface area contributed by atoms with Crippen LogP contribution in [0.15, 0.2) is 24.3 Å². The summed E-state index contributed by atoms with van der Waals surface area (Å²) < 4.78 is 0. The Bertz CT molecular complexity index is 482. The molecule has 5 nitrogen and oxygen atoms in total. The van der Waals surface area contributed by atoms with E-state index in [1.54, 1.807) is 0 Å². The Morgan fingerprint density at radius 3 is 2.65 bits per heavy atom. The van der Waals surface area contributed by atoms with Crippen LogP contribution in [0.5, 0.6) is 0 Å². The highest BCUT2D eigenvalue weighted by molar-refractivity contribution is 5.92. The van der Waals surface area contributed by atoms with Crippen molar-refractivity contribution in [2.45, 2.75) is 19.8 Å². The zero-order valence-corrected chi connectivity index (χ0v) is 11.8. The van der Waals surface area contributed by atoms with Crippen molar-refractivity contribution in [1.29, 1.82) is 0 Å². The first kappa shape index (κ1) is 14.5. The van der Waals surface area contributed by atoms with Crippen LogP contribution < -0.4 is 10.6 Å². The van der Waals surface area contributed by atoms with Gasteiger partial charge in [-0.05, 0) is 37.5 Å². The fourth-order valence-electron chi connectivity index (χ4n) is 2.29. The summed E-state index contributed by atoms with van der Waals surface area (Å²) >= 11 is 0. The van der Waals surface area contributed by atoms with Crippen molar-refractivity contribution in [3.63, 3.8) is 0 Å². The Morgan fingerprint density at radius 2 is 1.95 bits per heavy atom. The number of aryl methyl sites for hydroxylation is 1. The number of carbonyl (C=O) groups is 2. The van der Waals surface area contributed by atoms with Gasteiger partial charge in [-0.25, -0.2) is 0 Å². The number of rotatable bonds is 5. The summed E-state index contributed by atoms with van der Waals surface area (Å²) in [6, 6.07) is 7.63. The molecule has 1 heterocycles. The summed E-state index contributed by atoms with van der Waals surface area (Å²) in [5, 5.41) is 5.69. The van der Waals surface area contributed by atoms with E-state index in [2.05, 4.69) is 10.6 Å². The summed E-state index contributed by atoms with van der Waals surface area (Å²) in [7, 11) is 0. The van der Waals surface area contributed by atoms with Gasteiger partial charge in [0.05, 0.1) is 13.1 Å². The van der Waals surface area contributed by atoms with Crippen LogP contribution in [0.1, 0.15) is 18.4 Å². The van der Waals surface area contributed by atoms with Gasteiger partial charge in [-0.3, -0.25) is 14.9 Å². The van der Waals surface area contributed by atoms with E-state index in [1.807, 2.05) is 36.1 Å². The normalized spacial score (nSPS) is 14.3. The van der Waals surface area contributed by atoms with Gasteiger partial charge in [-0.1, -0.05) is 12.1 Å². The first-order chi connectivity index (χ1) is 9.65. The molecular weight excluding hydrogens is 254 g/mol. The molecule has 0 radical (unpaired) electrons. The number of nitrogens with zero attached hydrogens (tertiary/aromatic N) is 1. The van der Waals surface area contributed by atoms with E-state index < -0.39 is 0 Å². The predicted octanol–water partition coefficient (Wildman–Crippen LogP) is 1.15. The fraction of sp³-hybridized carbons (Fsp3) is 0.467. The summed E-state index contributed by atoms with van der Waals surface area (Å²) in [6.45, 7) is 4.03. The van der Waals surface area contributed by atoms with Crippen molar-refractivity contribution < 1.29 is 9.59 Å². The molecule has 1 aliphatic heterocycles. The Kier molecular flexibility index (Phi) is 5.12. The van der Waals surface area contributed by atoms with Crippen LogP contribution in [0.25, 0.3) is 0 Å². The Labute approximate surface area is 119 Å². The Balaban J connectivity index is 1.68. The molecular formula is C15H21N3O2. The van der Waals surface area contributed by atoms with Gasteiger partial charge < -0.3 is 10.2 Å². The lowest BCUT2D eigenvalue weighted by molar-refractivity contribution is -0.129. The molecule has 2 rings (SSSR count). The van der Waals surface area contributed by atoms with Crippen LogP contribution in [0, 0.1) is 6.92 Å². The average molecular weight is 275 g/mol. The molecule has 0 atom stereocenters. The number of nitrogens with one attached hydrogen (secondary N) is 2. The van der Waals surface area contributed by atoms with E-state index in [9.17, 15) is 9.59 Å². The largest absolute Gasteiger partial charge is 0.342 e. The molecule has 0 bridgehead atoms. The molecule has 1 aromatic carbocycles. The topological polar surface area (TPSA) is 61.4 Å². The van der Waals surface area contributed by atoms with Crippen molar-refractivity contribution in [2.75, 3.05) is 31.5 Å². The lowest BCUT2D eigenvalue weighted by Crippen LogP contribution is -2.39. The lowest BCUT2D eigenvalue weighted by Gasteiger charge is -2.15. The molecule has 2 amide bonds. The molecule has 1 aliphatic rings. The Hall–Kier alpha value is -1.88. The van der Waals surface area contributed by atoms with Gasteiger partial charge in [0.1, 0.15) is 0 Å². The molecule has 0 aromatic heterocycles. The van der Waals surface area contributed by atoms with Crippen LogP contribution in [0.2, 0.25) is 0 Å². The SMILES string of the molecule is Cc1cccc(NC(=O)CNCC(=O)N2CCCC2)c1. The number of hydrogen-bond donors (Lipinski definition) is 2. The summed E-state index contributed by atoms with van der Waals surface area (Å²) in [5.41, 5.74) is 1.88. The Morgan fingerprint density at radius 1 is 1.20 bits per heavy atom. The van der Waals surface area contributed by atoms with Gasteiger partial charge in [-0.15, -0.1) is 0 Å². The average Bonchev–Trinajstić information content (AvgIpc) is 2.92. The van der Waals surface area contributed by atoms with E-state index >= 15 is 0 Å². The monoisotopic (exact) mass is 275 g/mol. The molecule has 1 aromatic rings. The second-order valence-electron chi connectivity index (χ2n) is 5.11. The first-order valence-electron chi connectivity index (χ1n) is 7.00. The summed E-state index contributed by atoms with van der Waals surface area (Å²) in [6.07, 6.45) is 2.17.